The van der Waals surface area contributed by atoms with Gasteiger partial charge in [0.25, 0.3) is 0 Å². The van der Waals surface area contributed by atoms with Gasteiger partial charge in [0, 0.05) is 22.9 Å². The number of hydrogen-bond donors (Lipinski definition) is 1. The largest absolute Gasteiger partial charge is 0.497 e. The summed E-state index contributed by atoms with van der Waals surface area (Å²) >= 11 is 3.33. The lowest BCUT2D eigenvalue weighted by Gasteiger charge is -2.06. The van der Waals surface area contributed by atoms with Crippen LogP contribution in [0.1, 0.15) is 36.0 Å². The number of halogens is 1. The number of carboxylic acids is 1. The van der Waals surface area contributed by atoms with Crippen LogP contribution in [0.15, 0.2) is 22.7 Å². The second-order valence-corrected chi connectivity index (χ2v) is 4.72. The Hall–Kier alpha value is -1.36. The molecule has 0 spiro atoms. The predicted octanol–water partition coefficient (Wildman–Crippen LogP) is 3.29. The Kier molecular flexibility index (Phi) is 5.85. The third-order valence-electron chi connectivity index (χ3n) is 2.52. The number of Topliss-reactive ketones (excluding diaryl/α,β-unsaturated/α-hetero) is 1. The summed E-state index contributed by atoms with van der Waals surface area (Å²) in [7, 11) is 1.56. The summed E-state index contributed by atoms with van der Waals surface area (Å²) in [6, 6.07) is 5.18. The number of methoxy groups -OCH3 is 1. The second kappa shape index (κ2) is 7.16. The van der Waals surface area contributed by atoms with Gasteiger partial charge in [0.1, 0.15) is 5.75 Å². The maximum absolute atomic E-state index is 11.9. The van der Waals surface area contributed by atoms with Crippen molar-refractivity contribution in [1.29, 1.82) is 0 Å². The van der Waals surface area contributed by atoms with Crippen LogP contribution in [0, 0.1) is 0 Å². The van der Waals surface area contributed by atoms with E-state index in [2.05, 4.69) is 15.9 Å². The van der Waals surface area contributed by atoms with Crippen molar-refractivity contribution >= 4 is 27.7 Å². The number of ketones is 1. The molecule has 18 heavy (non-hydrogen) atoms. The highest BCUT2D eigenvalue weighted by molar-refractivity contribution is 9.10. The van der Waals surface area contributed by atoms with Crippen molar-refractivity contribution < 1.29 is 19.4 Å². The first-order valence-electron chi connectivity index (χ1n) is 5.63. The van der Waals surface area contributed by atoms with Gasteiger partial charge in [0.2, 0.25) is 0 Å². The summed E-state index contributed by atoms with van der Waals surface area (Å²) in [5.41, 5.74) is 0.603. The molecule has 0 heterocycles. The standard InChI is InChI=1S/C13H15BrO4/c1-18-9-6-7-10(11(14)8-9)12(15)4-2-3-5-13(16)17/h6-8H,2-5H2,1H3,(H,16,17). The average Bonchev–Trinajstić information content (AvgIpc) is 2.33. The molecular formula is C13H15BrO4. The summed E-state index contributed by atoms with van der Waals surface area (Å²) in [4.78, 5) is 22.2. The van der Waals surface area contributed by atoms with Gasteiger partial charge in [-0.05, 0) is 47.0 Å². The third-order valence-corrected chi connectivity index (χ3v) is 3.18. The quantitative estimate of drug-likeness (QED) is 0.619. The molecule has 1 N–H and O–H groups in total. The Bertz CT molecular complexity index is 443. The molecule has 0 aromatic heterocycles. The summed E-state index contributed by atoms with van der Waals surface area (Å²) in [6.45, 7) is 0. The number of ether oxygens (including phenoxy) is 1. The van der Waals surface area contributed by atoms with Crippen LogP contribution in [0.25, 0.3) is 0 Å². The highest BCUT2D eigenvalue weighted by Gasteiger charge is 2.10. The molecule has 0 saturated heterocycles. The zero-order valence-electron chi connectivity index (χ0n) is 10.1. The summed E-state index contributed by atoms with van der Waals surface area (Å²) in [5, 5.41) is 8.49. The highest BCUT2D eigenvalue weighted by atomic mass is 79.9. The lowest BCUT2D eigenvalue weighted by atomic mass is 10.0. The van der Waals surface area contributed by atoms with E-state index in [1.54, 1.807) is 25.3 Å². The zero-order valence-corrected chi connectivity index (χ0v) is 11.7. The van der Waals surface area contributed by atoms with Gasteiger partial charge in [-0.15, -0.1) is 0 Å². The van der Waals surface area contributed by atoms with Crippen molar-refractivity contribution in [2.45, 2.75) is 25.7 Å². The number of rotatable bonds is 7. The van der Waals surface area contributed by atoms with Gasteiger partial charge < -0.3 is 9.84 Å². The second-order valence-electron chi connectivity index (χ2n) is 3.87. The first-order valence-corrected chi connectivity index (χ1v) is 6.42. The van der Waals surface area contributed by atoms with E-state index in [-0.39, 0.29) is 12.2 Å². The number of carboxylic acid groups (broad SMARTS) is 1. The lowest BCUT2D eigenvalue weighted by Crippen LogP contribution is -2.01. The highest BCUT2D eigenvalue weighted by Crippen LogP contribution is 2.24. The van der Waals surface area contributed by atoms with Crippen molar-refractivity contribution in [2.75, 3.05) is 7.11 Å². The van der Waals surface area contributed by atoms with E-state index in [9.17, 15) is 9.59 Å². The Morgan fingerprint density at radius 3 is 2.50 bits per heavy atom. The number of benzene rings is 1. The van der Waals surface area contributed by atoms with Crippen LogP contribution < -0.4 is 4.74 Å². The number of aliphatic carboxylic acids is 1. The molecule has 98 valence electrons. The fourth-order valence-corrected chi connectivity index (χ4v) is 2.12. The fourth-order valence-electron chi connectivity index (χ4n) is 1.55. The van der Waals surface area contributed by atoms with E-state index in [1.165, 1.54) is 0 Å². The number of carbonyl (C=O) groups is 2. The van der Waals surface area contributed by atoms with Crippen molar-refractivity contribution in [1.82, 2.24) is 0 Å². The Morgan fingerprint density at radius 2 is 1.94 bits per heavy atom. The van der Waals surface area contributed by atoms with Crippen molar-refractivity contribution in [3.8, 4) is 5.75 Å². The monoisotopic (exact) mass is 314 g/mol. The van der Waals surface area contributed by atoms with Gasteiger partial charge in [0.05, 0.1) is 7.11 Å². The van der Waals surface area contributed by atoms with Crippen molar-refractivity contribution in [3.05, 3.63) is 28.2 Å². The first kappa shape index (κ1) is 14.7. The minimum atomic E-state index is -0.826. The molecule has 0 aliphatic rings. The van der Waals surface area contributed by atoms with E-state index >= 15 is 0 Å². The van der Waals surface area contributed by atoms with Gasteiger partial charge in [-0.1, -0.05) is 0 Å². The molecule has 0 aliphatic heterocycles. The first-order chi connectivity index (χ1) is 8.54. The van der Waals surface area contributed by atoms with Crippen molar-refractivity contribution in [2.24, 2.45) is 0 Å². The maximum atomic E-state index is 11.9. The Labute approximate surface area is 114 Å². The van der Waals surface area contributed by atoms with Gasteiger partial charge in [-0.2, -0.15) is 0 Å². The normalized spacial score (nSPS) is 10.1. The predicted molar refractivity (Wildman–Crippen MR) is 71.1 cm³/mol. The van der Waals surface area contributed by atoms with Crippen LogP contribution in [0.2, 0.25) is 0 Å². The molecule has 1 rings (SSSR count). The topological polar surface area (TPSA) is 63.6 Å². The van der Waals surface area contributed by atoms with Gasteiger partial charge in [0.15, 0.2) is 5.78 Å². The molecule has 0 atom stereocenters. The molecule has 0 bridgehead atoms. The number of unbranched alkanes of at least 4 members (excludes halogenated alkanes) is 1. The van der Waals surface area contributed by atoms with Crippen molar-refractivity contribution in [3.63, 3.8) is 0 Å². The minimum absolute atomic E-state index is 0.00918. The van der Waals surface area contributed by atoms with Gasteiger partial charge in [-0.3, -0.25) is 9.59 Å². The summed E-state index contributed by atoms with van der Waals surface area (Å²) in [6.07, 6.45) is 1.58. The van der Waals surface area contributed by atoms with Crippen LogP contribution in [0.5, 0.6) is 5.75 Å². The van der Waals surface area contributed by atoms with Crippen LogP contribution in [0.3, 0.4) is 0 Å². The van der Waals surface area contributed by atoms with E-state index < -0.39 is 5.97 Å². The van der Waals surface area contributed by atoms with Crippen LogP contribution in [-0.4, -0.2) is 24.0 Å². The minimum Gasteiger partial charge on any atom is -0.497 e. The molecule has 1 aromatic rings. The van der Waals surface area contributed by atoms with Gasteiger partial charge >= 0.3 is 5.97 Å². The molecule has 0 unspecified atom stereocenters. The molecule has 0 saturated carbocycles. The smallest absolute Gasteiger partial charge is 0.303 e. The van der Waals surface area contributed by atoms with Crippen LogP contribution >= 0.6 is 15.9 Å². The molecule has 0 radical (unpaired) electrons. The molecule has 4 nitrogen and oxygen atoms in total. The molecular weight excluding hydrogens is 300 g/mol. The summed E-state index contributed by atoms with van der Waals surface area (Å²) < 4.78 is 5.75. The number of hydrogen-bond acceptors (Lipinski definition) is 3. The van der Waals surface area contributed by atoms with Crippen LogP contribution in [0.4, 0.5) is 0 Å². The molecule has 0 amide bonds. The zero-order chi connectivity index (χ0) is 13.5. The van der Waals surface area contributed by atoms with E-state index in [1.807, 2.05) is 0 Å². The molecule has 0 aliphatic carbocycles. The van der Waals surface area contributed by atoms with Crippen LogP contribution in [-0.2, 0) is 4.79 Å². The summed E-state index contributed by atoms with van der Waals surface area (Å²) in [5.74, 6) is -0.132. The average molecular weight is 315 g/mol. The van der Waals surface area contributed by atoms with E-state index in [0.29, 0.717) is 35.0 Å². The Morgan fingerprint density at radius 1 is 1.28 bits per heavy atom. The lowest BCUT2D eigenvalue weighted by molar-refractivity contribution is -0.137. The maximum Gasteiger partial charge on any atom is 0.303 e. The molecule has 5 heteroatoms. The van der Waals surface area contributed by atoms with E-state index in [4.69, 9.17) is 9.84 Å². The van der Waals surface area contributed by atoms with E-state index in [0.717, 1.165) is 0 Å². The Balaban J connectivity index is 2.54. The fraction of sp³-hybridized carbons (Fsp3) is 0.385. The third kappa shape index (κ3) is 4.49. The molecule has 1 aromatic carbocycles. The number of carbonyl (C=O) groups excluding carboxylic acids is 1. The SMILES string of the molecule is COc1ccc(C(=O)CCCCC(=O)O)c(Br)c1. The van der Waals surface area contributed by atoms with Gasteiger partial charge in [-0.25, -0.2) is 0 Å². The molecule has 0 fully saturated rings.